The fourth-order valence-corrected chi connectivity index (χ4v) is 4.55. The van der Waals surface area contributed by atoms with Crippen LogP contribution in [0.1, 0.15) is 36.3 Å². The maximum atomic E-state index is 12.0. The average Bonchev–Trinajstić information content (AvgIpc) is 2.73. The fraction of sp³-hybridized carbons (Fsp3) is 0.348. The zero-order chi connectivity index (χ0) is 18.2. The van der Waals surface area contributed by atoms with E-state index in [1.165, 1.54) is 22.5 Å². The van der Waals surface area contributed by atoms with Gasteiger partial charge in [0.25, 0.3) is 0 Å². The number of para-hydroxylation sites is 1. The zero-order valence-corrected chi connectivity index (χ0v) is 15.4. The lowest BCUT2D eigenvalue weighted by Gasteiger charge is -2.33. The summed E-state index contributed by atoms with van der Waals surface area (Å²) in [6.45, 7) is 2.63. The van der Waals surface area contributed by atoms with Crippen molar-refractivity contribution in [3.05, 3.63) is 70.0 Å². The van der Waals surface area contributed by atoms with Crippen molar-refractivity contribution >= 4 is 22.3 Å². The van der Waals surface area contributed by atoms with E-state index >= 15 is 0 Å². The molecule has 0 spiro atoms. The number of benzene rings is 2. The van der Waals surface area contributed by atoms with Gasteiger partial charge in [-0.3, -0.25) is 4.79 Å². The molecule has 5 rings (SSSR count). The number of anilines is 2. The largest absolute Gasteiger partial charge is 0.381 e. The smallest absolute Gasteiger partial charge is 0.248 e. The van der Waals surface area contributed by atoms with Gasteiger partial charge in [0.15, 0.2) is 0 Å². The van der Waals surface area contributed by atoms with Gasteiger partial charge < -0.3 is 14.6 Å². The Bertz CT molecular complexity index is 1030. The van der Waals surface area contributed by atoms with Crippen LogP contribution >= 0.6 is 0 Å². The molecule has 1 fully saturated rings. The van der Waals surface area contributed by atoms with Crippen LogP contribution < -0.4 is 10.5 Å². The number of hydrogen-bond acceptors (Lipinski definition) is 3. The molecule has 1 aromatic heterocycles. The molecule has 27 heavy (non-hydrogen) atoms. The second-order valence-electron chi connectivity index (χ2n) is 7.59. The van der Waals surface area contributed by atoms with Gasteiger partial charge in [0.1, 0.15) is 0 Å². The van der Waals surface area contributed by atoms with E-state index < -0.39 is 0 Å². The van der Waals surface area contributed by atoms with Crippen LogP contribution in [0.5, 0.6) is 0 Å². The van der Waals surface area contributed by atoms with Gasteiger partial charge in [-0.1, -0.05) is 18.2 Å². The van der Waals surface area contributed by atoms with E-state index in [0.29, 0.717) is 5.92 Å². The molecular formula is C23H24N2O2. The third-order valence-electron chi connectivity index (χ3n) is 5.93. The molecule has 2 aliphatic heterocycles. The number of nitrogens with one attached hydrogen (secondary N) is 1. The zero-order valence-electron chi connectivity index (χ0n) is 15.4. The highest BCUT2D eigenvalue weighted by Gasteiger charge is 2.23. The third kappa shape index (κ3) is 3.04. The molecule has 3 aromatic rings. The predicted octanol–water partition coefficient (Wildman–Crippen LogP) is 4.51. The normalized spacial score (nSPS) is 17.9. The number of ether oxygens (including phenoxy) is 1. The lowest BCUT2D eigenvalue weighted by Crippen LogP contribution is -2.25. The van der Waals surface area contributed by atoms with E-state index in [1.54, 1.807) is 6.07 Å². The van der Waals surface area contributed by atoms with Gasteiger partial charge in [-0.2, -0.15) is 0 Å². The summed E-state index contributed by atoms with van der Waals surface area (Å²) in [4.78, 5) is 17.5. The molecule has 1 N–H and O–H groups in total. The Balaban J connectivity index is 1.70. The molecule has 0 amide bonds. The molecule has 0 radical (unpaired) electrons. The van der Waals surface area contributed by atoms with Gasteiger partial charge in [-0.15, -0.1) is 0 Å². The van der Waals surface area contributed by atoms with Crippen LogP contribution in [0, 0.1) is 0 Å². The van der Waals surface area contributed by atoms with Gasteiger partial charge >= 0.3 is 0 Å². The number of aromatic amines is 1. The lowest BCUT2D eigenvalue weighted by atomic mass is 9.89. The topological polar surface area (TPSA) is 45.3 Å². The van der Waals surface area contributed by atoms with Crippen molar-refractivity contribution in [2.24, 2.45) is 0 Å². The number of rotatable bonds is 2. The summed E-state index contributed by atoms with van der Waals surface area (Å²) in [5.41, 5.74) is 6.10. The number of H-pyrrole nitrogens is 1. The highest BCUT2D eigenvalue weighted by Crippen LogP contribution is 2.39. The SMILES string of the molecule is O=c1ccc2c(N3CCCc4ccccc43)cc(C3CCOCC3)cc2[nH]1. The van der Waals surface area contributed by atoms with Crippen molar-refractivity contribution in [1.29, 1.82) is 0 Å². The average molecular weight is 360 g/mol. The van der Waals surface area contributed by atoms with E-state index in [1.807, 2.05) is 6.07 Å². The molecule has 0 aliphatic carbocycles. The summed E-state index contributed by atoms with van der Waals surface area (Å²) in [7, 11) is 0. The summed E-state index contributed by atoms with van der Waals surface area (Å²) in [6, 6.07) is 16.8. The maximum absolute atomic E-state index is 12.0. The van der Waals surface area contributed by atoms with Crippen LogP contribution in [-0.4, -0.2) is 24.7 Å². The first-order chi connectivity index (χ1) is 13.3. The van der Waals surface area contributed by atoms with Crippen molar-refractivity contribution in [3.63, 3.8) is 0 Å². The predicted molar refractivity (Wildman–Crippen MR) is 109 cm³/mol. The van der Waals surface area contributed by atoms with Crippen molar-refractivity contribution in [2.45, 2.75) is 31.6 Å². The molecule has 4 heteroatoms. The first-order valence-corrected chi connectivity index (χ1v) is 9.90. The van der Waals surface area contributed by atoms with E-state index in [4.69, 9.17) is 4.74 Å². The number of hydrogen-bond donors (Lipinski definition) is 1. The van der Waals surface area contributed by atoms with Gasteiger partial charge in [0.2, 0.25) is 5.56 Å². The highest BCUT2D eigenvalue weighted by atomic mass is 16.5. The standard InChI is InChI=1S/C23H24N2O2/c26-23-8-7-19-20(24-23)14-18(16-9-12-27-13-10-16)15-22(19)25-11-3-5-17-4-1-2-6-21(17)25/h1-2,4,6-8,14-16H,3,5,9-13H2,(H,24,26). The summed E-state index contributed by atoms with van der Waals surface area (Å²) < 4.78 is 5.55. The molecule has 138 valence electrons. The van der Waals surface area contributed by atoms with E-state index in [0.717, 1.165) is 56.3 Å². The Morgan fingerprint density at radius 1 is 1.00 bits per heavy atom. The Morgan fingerprint density at radius 2 is 1.85 bits per heavy atom. The van der Waals surface area contributed by atoms with Crippen LogP contribution in [0.25, 0.3) is 10.9 Å². The van der Waals surface area contributed by atoms with Crippen molar-refractivity contribution in [1.82, 2.24) is 4.98 Å². The summed E-state index contributed by atoms with van der Waals surface area (Å²) >= 11 is 0. The van der Waals surface area contributed by atoms with Gasteiger partial charge in [0, 0.05) is 36.9 Å². The minimum absolute atomic E-state index is 0.0448. The van der Waals surface area contributed by atoms with Gasteiger partial charge in [-0.25, -0.2) is 0 Å². The summed E-state index contributed by atoms with van der Waals surface area (Å²) in [5.74, 6) is 0.491. The Labute approximate surface area is 158 Å². The van der Waals surface area contributed by atoms with Crippen LogP contribution in [0.15, 0.2) is 53.3 Å². The number of aromatic nitrogens is 1. The van der Waals surface area contributed by atoms with Gasteiger partial charge in [0.05, 0.1) is 11.2 Å². The fourth-order valence-electron chi connectivity index (χ4n) is 4.55. The van der Waals surface area contributed by atoms with E-state index in [2.05, 4.69) is 46.3 Å². The molecule has 2 aliphatic rings. The Hall–Kier alpha value is -2.59. The quantitative estimate of drug-likeness (QED) is 0.731. The van der Waals surface area contributed by atoms with E-state index in [9.17, 15) is 4.79 Å². The van der Waals surface area contributed by atoms with Crippen molar-refractivity contribution in [3.8, 4) is 0 Å². The minimum Gasteiger partial charge on any atom is -0.381 e. The van der Waals surface area contributed by atoms with Crippen molar-refractivity contribution in [2.75, 3.05) is 24.7 Å². The molecule has 0 saturated carbocycles. The number of fused-ring (bicyclic) bond motifs is 2. The number of pyridine rings is 1. The first kappa shape index (κ1) is 16.6. The summed E-state index contributed by atoms with van der Waals surface area (Å²) in [6.07, 6.45) is 4.35. The second kappa shape index (κ2) is 6.86. The van der Waals surface area contributed by atoms with Crippen LogP contribution in [-0.2, 0) is 11.2 Å². The first-order valence-electron chi connectivity index (χ1n) is 9.90. The van der Waals surface area contributed by atoms with Crippen LogP contribution in [0.4, 0.5) is 11.4 Å². The summed E-state index contributed by atoms with van der Waals surface area (Å²) in [5, 5.41) is 1.11. The van der Waals surface area contributed by atoms with Crippen LogP contribution in [0.2, 0.25) is 0 Å². The van der Waals surface area contributed by atoms with Crippen molar-refractivity contribution < 1.29 is 4.74 Å². The van der Waals surface area contributed by atoms with E-state index in [-0.39, 0.29) is 5.56 Å². The Morgan fingerprint density at radius 3 is 2.74 bits per heavy atom. The lowest BCUT2D eigenvalue weighted by molar-refractivity contribution is 0.0853. The molecule has 0 unspecified atom stereocenters. The van der Waals surface area contributed by atoms with Gasteiger partial charge in [-0.05, 0) is 67.0 Å². The highest BCUT2D eigenvalue weighted by molar-refractivity contribution is 5.95. The molecule has 3 heterocycles. The van der Waals surface area contributed by atoms with Crippen LogP contribution in [0.3, 0.4) is 0 Å². The molecular weight excluding hydrogens is 336 g/mol. The third-order valence-corrected chi connectivity index (χ3v) is 5.93. The monoisotopic (exact) mass is 360 g/mol. The molecule has 1 saturated heterocycles. The molecule has 2 aromatic carbocycles. The Kier molecular flexibility index (Phi) is 4.21. The maximum Gasteiger partial charge on any atom is 0.248 e. The minimum atomic E-state index is -0.0448. The second-order valence-corrected chi connectivity index (χ2v) is 7.59. The molecule has 0 bridgehead atoms. The number of aryl methyl sites for hydroxylation is 1. The molecule has 0 atom stereocenters. The molecule has 4 nitrogen and oxygen atoms in total. The number of nitrogens with zero attached hydrogens (tertiary/aromatic N) is 1.